The van der Waals surface area contributed by atoms with Crippen LogP contribution in [0.2, 0.25) is 0 Å². The number of hydrogen-bond acceptors (Lipinski definition) is 3. The normalized spacial score (nSPS) is 9.85. The standard InChI is InChI=1S/C16H17N3O/c1-3-10-17-15-9-8-13(11-18-15)19-16(20)14-7-5-4-6-12(14)2/h3-9,11H,1,10H2,2H3,(H,17,18)(H,19,20). The number of rotatable bonds is 5. The Morgan fingerprint density at radius 3 is 2.75 bits per heavy atom. The second-order valence-electron chi connectivity index (χ2n) is 4.37. The maximum absolute atomic E-state index is 12.1. The third-order valence-electron chi connectivity index (χ3n) is 2.84. The zero-order valence-electron chi connectivity index (χ0n) is 11.4. The van der Waals surface area contributed by atoms with Crippen LogP contribution in [0.15, 0.2) is 55.3 Å². The van der Waals surface area contributed by atoms with Crippen LogP contribution < -0.4 is 10.6 Å². The fourth-order valence-corrected chi connectivity index (χ4v) is 1.78. The lowest BCUT2D eigenvalue weighted by Crippen LogP contribution is -2.13. The quantitative estimate of drug-likeness (QED) is 0.818. The highest BCUT2D eigenvalue weighted by molar-refractivity contribution is 6.05. The van der Waals surface area contributed by atoms with E-state index in [1.807, 2.05) is 37.3 Å². The molecule has 0 spiro atoms. The van der Waals surface area contributed by atoms with Gasteiger partial charge in [0, 0.05) is 12.1 Å². The molecule has 0 aliphatic heterocycles. The highest BCUT2D eigenvalue weighted by Crippen LogP contribution is 2.13. The molecule has 1 aromatic carbocycles. The molecule has 0 bridgehead atoms. The highest BCUT2D eigenvalue weighted by Gasteiger charge is 2.08. The smallest absolute Gasteiger partial charge is 0.255 e. The van der Waals surface area contributed by atoms with Crippen LogP contribution in [0, 0.1) is 6.92 Å². The van der Waals surface area contributed by atoms with Crippen LogP contribution in [-0.2, 0) is 0 Å². The Labute approximate surface area is 118 Å². The number of anilines is 2. The molecule has 2 aromatic rings. The monoisotopic (exact) mass is 267 g/mol. The summed E-state index contributed by atoms with van der Waals surface area (Å²) in [5.74, 6) is 0.621. The molecule has 0 fully saturated rings. The van der Waals surface area contributed by atoms with Gasteiger partial charge in [-0.2, -0.15) is 0 Å². The number of pyridine rings is 1. The second-order valence-corrected chi connectivity index (χ2v) is 4.37. The molecular formula is C16H17N3O. The first-order valence-electron chi connectivity index (χ1n) is 6.38. The van der Waals surface area contributed by atoms with Gasteiger partial charge in [-0.3, -0.25) is 4.79 Å². The molecule has 1 amide bonds. The molecule has 0 unspecified atom stereocenters. The summed E-state index contributed by atoms with van der Waals surface area (Å²) in [4.78, 5) is 16.3. The SMILES string of the molecule is C=CCNc1ccc(NC(=O)c2ccccc2C)cn1. The third-order valence-corrected chi connectivity index (χ3v) is 2.84. The van der Waals surface area contributed by atoms with Gasteiger partial charge in [-0.15, -0.1) is 6.58 Å². The van der Waals surface area contributed by atoms with Crippen LogP contribution in [0.1, 0.15) is 15.9 Å². The third kappa shape index (κ3) is 3.45. The molecule has 0 atom stereocenters. The lowest BCUT2D eigenvalue weighted by molar-refractivity contribution is 0.102. The highest BCUT2D eigenvalue weighted by atomic mass is 16.1. The maximum Gasteiger partial charge on any atom is 0.255 e. The average molecular weight is 267 g/mol. The van der Waals surface area contributed by atoms with Crippen molar-refractivity contribution >= 4 is 17.4 Å². The van der Waals surface area contributed by atoms with E-state index in [0.29, 0.717) is 17.8 Å². The van der Waals surface area contributed by atoms with E-state index in [1.165, 1.54) is 0 Å². The van der Waals surface area contributed by atoms with Gasteiger partial charge in [0.25, 0.3) is 5.91 Å². The van der Waals surface area contributed by atoms with E-state index < -0.39 is 0 Å². The van der Waals surface area contributed by atoms with E-state index in [-0.39, 0.29) is 5.91 Å². The number of amides is 1. The molecule has 1 aromatic heterocycles. The number of hydrogen-bond donors (Lipinski definition) is 2. The molecule has 2 N–H and O–H groups in total. The molecule has 2 rings (SSSR count). The number of carbonyl (C=O) groups is 1. The zero-order chi connectivity index (χ0) is 14.4. The molecule has 4 nitrogen and oxygen atoms in total. The number of benzene rings is 1. The van der Waals surface area contributed by atoms with Gasteiger partial charge in [0.15, 0.2) is 0 Å². The molecule has 0 aliphatic rings. The fraction of sp³-hybridized carbons (Fsp3) is 0.125. The van der Waals surface area contributed by atoms with Gasteiger partial charge in [-0.05, 0) is 30.7 Å². The number of nitrogens with zero attached hydrogens (tertiary/aromatic N) is 1. The van der Waals surface area contributed by atoms with Crippen LogP contribution in [0.4, 0.5) is 11.5 Å². The van der Waals surface area contributed by atoms with Gasteiger partial charge in [-0.25, -0.2) is 4.98 Å². The Kier molecular flexibility index (Phi) is 4.50. The summed E-state index contributed by atoms with van der Waals surface area (Å²) in [5.41, 5.74) is 2.28. The van der Waals surface area contributed by atoms with E-state index in [0.717, 1.165) is 11.4 Å². The summed E-state index contributed by atoms with van der Waals surface area (Å²) in [6.07, 6.45) is 3.39. The first-order chi connectivity index (χ1) is 9.70. The Bertz CT molecular complexity index is 605. The van der Waals surface area contributed by atoms with Crippen LogP contribution in [0.3, 0.4) is 0 Å². The number of carbonyl (C=O) groups excluding carboxylic acids is 1. The van der Waals surface area contributed by atoms with Crippen molar-refractivity contribution < 1.29 is 4.79 Å². The van der Waals surface area contributed by atoms with Crippen molar-refractivity contribution in [1.29, 1.82) is 0 Å². The summed E-state index contributed by atoms with van der Waals surface area (Å²) in [7, 11) is 0. The van der Waals surface area contributed by atoms with Gasteiger partial charge >= 0.3 is 0 Å². The van der Waals surface area contributed by atoms with Crippen LogP contribution in [-0.4, -0.2) is 17.4 Å². The van der Waals surface area contributed by atoms with Gasteiger partial charge in [0.05, 0.1) is 11.9 Å². The Balaban J connectivity index is 2.05. The van der Waals surface area contributed by atoms with E-state index in [1.54, 1.807) is 18.3 Å². The van der Waals surface area contributed by atoms with Crippen molar-refractivity contribution in [2.75, 3.05) is 17.2 Å². The first-order valence-corrected chi connectivity index (χ1v) is 6.38. The van der Waals surface area contributed by atoms with Crippen molar-refractivity contribution in [2.45, 2.75) is 6.92 Å². The van der Waals surface area contributed by atoms with E-state index in [4.69, 9.17) is 0 Å². The number of aromatic nitrogens is 1. The van der Waals surface area contributed by atoms with Crippen molar-refractivity contribution in [2.24, 2.45) is 0 Å². The largest absolute Gasteiger partial charge is 0.367 e. The minimum absolute atomic E-state index is 0.128. The van der Waals surface area contributed by atoms with E-state index in [9.17, 15) is 4.79 Å². The lowest BCUT2D eigenvalue weighted by atomic mass is 10.1. The Morgan fingerprint density at radius 2 is 2.10 bits per heavy atom. The predicted molar refractivity (Wildman–Crippen MR) is 82.1 cm³/mol. The molecule has 0 saturated carbocycles. The van der Waals surface area contributed by atoms with Crippen molar-refractivity contribution in [3.8, 4) is 0 Å². The molecule has 1 heterocycles. The van der Waals surface area contributed by atoms with E-state index >= 15 is 0 Å². The molecule has 0 saturated heterocycles. The Hall–Kier alpha value is -2.62. The number of nitrogens with one attached hydrogen (secondary N) is 2. The minimum atomic E-state index is -0.128. The summed E-state index contributed by atoms with van der Waals surface area (Å²) in [5, 5.41) is 5.91. The van der Waals surface area contributed by atoms with Gasteiger partial charge in [0.1, 0.15) is 5.82 Å². The maximum atomic E-state index is 12.1. The zero-order valence-corrected chi connectivity index (χ0v) is 11.4. The lowest BCUT2D eigenvalue weighted by Gasteiger charge is -2.08. The average Bonchev–Trinajstić information content (AvgIpc) is 2.47. The van der Waals surface area contributed by atoms with Gasteiger partial charge < -0.3 is 10.6 Å². The summed E-state index contributed by atoms with van der Waals surface area (Å²) < 4.78 is 0. The summed E-state index contributed by atoms with van der Waals surface area (Å²) in [6, 6.07) is 11.1. The summed E-state index contributed by atoms with van der Waals surface area (Å²) >= 11 is 0. The molecular weight excluding hydrogens is 250 g/mol. The van der Waals surface area contributed by atoms with Crippen LogP contribution >= 0.6 is 0 Å². The Morgan fingerprint density at radius 1 is 1.30 bits per heavy atom. The molecule has 0 aliphatic carbocycles. The molecule has 20 heavy (non-hydrogen) atoms. The topological polar surface area (TPSA) is 54.0 Å². The first kappa shape index (κ1) is 13.8. The van der Waals surface area contributed by atoms with Gasteiger partial charge in [-0.1, -0.05) is 24.3 Å². The second kappa shape index (κ2) is 6.52. The molecule has 0 radical (unpaired) electrons. The molecule has 4 heteroatoms. The van der Waals surface area contributed by atoms with Crippen molar-refractivity contribution in [1.82, 2.24) is 4.98 Å². The van der Waals surface area contributed by atoms with Crippen LogP contribution in [0.25, 0.3) is 0 Å². The number of aryl methyl sites for hydroxylation is 1. The van der Waals surface area contributed by atoms with Crippen molar-refractivity contribution in [3.63, 3.8) is 0 Å². The predicted octanol–water partition coefficient (Wildman–Crippen LogP) is 3.24. The van der Waals surface area contributed by atoms with E-state index in [2.05, 4.69) is 22.2 Å². The summed E-state index contributed by atoms with van der Waals surface area (Å²) in [6.45, 7) is 6.19. The molecule has 102 valence electrons. The van der Waals surface area contributed by atoms with Gasteiger partial charge in [0.2, 0.25) is 0 Å². The fourth-order valence-electron chi connectivity index (χ4n) is 1.78. The van der Waals surface area contributed by atoms with Crippen LogP contribution in [0.5, 0.6) is 0 Å². The minimum Gasteiger partial charge on any atom is -0.367 e. The van der Waals surface area contributed by atoms with Crippen molar-refractivity contribution in [3.05, 3.63) is 66.4 Å².